The largest absolute Gasteiger partial charge is 0.403 e. The van der Waals surface area contributed by atoms with E-state index >= 15 is 0 Å². The lowest BCUT2D eigenvalue weighted by Gasteiger charge is -1.96. The Bertz CT molecular complexity index is 795. The topological polar surface area (TPSA) is 85.8 Å². The molecule has 106 valence electrons. The number of hydrogen-bond donors (Lipinski definition) is 1. The van der Waals surface area contributed by atoms with Crippen LogP contribution in [0.25, 0.3) is 11.5 Å². The third-order valence-corrected chi connectivity index (χ3v) is 2.66. The van der Waals surface area contributed by atoms with Crippen molar-refractivity contribution in [2.45, 2.75) is 0 Å². The summed E-state index contributed by atoms with van der Waals surface area (Å²) in [5.41, 5.74) is 0.656. The van der Waals surface area contributed by atoms with Crippen LogP contribution < -0.4 is 5.32 Å². The van der Waals surface area contributed by atoms with Crippen LogP contribution in [0.5, 0.6) is 0 Å². The molecule has 0 aliphatic carbocycles. The molecule has 2 heterocycles. The zero-order valence-corrected chi connectivity index (χ0v) is 10.9. The summed E-state index contributed by atoms with van der Waals surface area (Å²) in [4.78, 5) is 11.9. The van der Waals surface area contributed by atoms with Gasteiger partial charge in [0.1, 0.15) is 5.82 Å². The molecule has 2 aromatic heterocycles. The predicted octanol–water partition coefficient (Wildman–Crippen LogP) is 1.86. The maximum atomic E-state index is 13.1. The number of carbonyl (C=O) groups is 1. The average Bonchev–Trinajstić information content (AvgIpc) is 3.08. The van der Waals surface area contributed by atoms with Gasteiger partial charge in [0.05, 0.1) is 0 Å². The van der Waals surface area contributed by atoms with Crippen LogP contribution >= 0.6 is 0 Å². The Hall–Kier alpha value is -3.03. The zero-order valence-electron chi connectivity index (χ0n) is 10.9. The Labute approximate surface area is 118 Å². The molecule has 0 atom stereocenters. The highest BCUT2D eigenvalue weighted by Gasteiger charge is 2.14. The molecular formula is C13H10FN5O2. The van der Waals surface area contributed by atoms with E-state index in [4.69, 9.17) is 4.42 Å². The lowest BCUT2D eigenvalue weighted by atomic mass is 10.2. The van der Waals surface area contributed by atoms with Gasteiger partial charge in [-0.1, -0.05) is 11.2 Å². The quantitative estimate of drug-likeness (QED) is 0.794. The second kappa shape index (κ2) is 5.16. The first kappa shape index (κ1) is 13.0. The van der Waals surface area contributed by atoms with Crippen molar-refractivity contribution in [1.29, 1.82) is 0 Å². The molecule has 0 fully saturated rings. The van der Waals surface area contributed by atoms with E-state index in [1.165, 1.54) is 22.9 Å². The number of rotatable bonds is 3. The molecule has 0 aliphatic heterocycles. The summed E-state index contributed by atoms with van der Waals surface area (Å²) in [5, 5.41) is 13.8. The first-order valence-corrected chi connectivity index (χ1v) is 6.02. The molecule has 0 saturated carbocycles. The van der Waals surface area contributed by atoms with Gasteiger partial charge in [0.15, 0.2) is 5.69 Å². The Morgan fingerprint density at radius 2 is 2.19 bits per heavy atom. The maximum absolute atomic E-state index is 13.1. The van der Waals surface area contributed by atoms with Gasteiger partial charge < -0.3 is 4.42 Å². The molecule has 21 heavy (non-hydrogen) atoms. The fourth-order valence-electron chi connectivity index (χ4n) is 1.71. The van der Waals surface area contributed by atoms with Crippen molar-refractivity contribution in [3.63, 3.8) is 0 Å². The summed E-state index contributed by atoms with van der Waals surface area (Å²) in [7, 11) is 1.70. The number of amides is 1. The predicted molar refractivity (Wildman–Crippen MR) is 70.9 cm³/mol. The van der Waals surface area contributed by atoms with Gasteiger partial charge in [-0.3, -0.25) is 14.8 Å². The number of aryl methyl sites for hydroxylation is 1. The van der Waals surface area contributed by atoms with E-state index < -0.39 is 11.7 Å². The van der Waals surface area contributed by atoms with Gasteiger partial charge in [0.25, 0.3) is 5.91 Å². The van der Waals surface area contributed by atoms with Crippen molar-refractivity contribution >= 4 is 11.9 Å². The molecule has 0 radical (unpaired) electrons. The highest BCUT2D eigenvalue weighted by Crippen LogP contribution is 2.20. The fourth-order valence-corrected chi connectivity index (χ4v) is 1.71. The number of aromatic nitrogens is 4. The Morgan fingerprint density at radius 1 is 1.33 bits per heavy atom. The SMILES string of the molecule is Cn1ccc(C(=O)Nc2nnc(-c3cccc(F)c3)o2)n1. The molecule has 1 N–H and O–H groups in total. The number of hydrogen-bond acceptors (Lipinski definition) is 5. The molecule has 0 saturated heterocycles. The Balaban J connectivity index is 1.78. The monoisotopic (exact) mass is 287 g/mol. The zero-order chi connectivity index (χ0) is 14.8. The number of benzene rings is 1. The van der Waals surface area contributed by atoms with Gasteiger partial charge in [-0.05, 0) is 24.3 Å². The Kier molecular flexibility index (Phi) is 3.19. The minimum absolute atomic E-state index is 0.0788. The molecule has 0 bridgehead atoms. The number of carbonyl (C=O) groups excluding carboxylic acids is 1. The van der Waals surface area contributed by atoms with E-state index in [1.54, 1.807) is 25.4 Å². The smallest absolute Gasteiger partial charge is 0.322 e. The van der Waals surface area contributed by atoms with Gasteiger partial charge in [-0.25, -0.2) is 4.39 Å². The fraction of sp³-hybridized carbons (Fsp3) is 0.0769. The number of nitrogens with zero attached hydrogens (tertiary/aromatic N) is 4. The second-order valence-electron chi connectivity index (χ2n) is 4.25. The average molecular weight is 287 g/mol. The van der Waals surface area contributed by atoms with Crippen molar-refractivity contribution in [1.82, 2.24) is 20.0 Å². The number of anilines is 1. The number of halogens is 1. The lowest BCUT2D eigenvalue weighted by molar-refractivity contribution is 0.101. The van der Waals surface area contributed by atoms with E-state index in [0.29, 0.717) is 5.56 Å². The summed E-state index contributed by atoms with van der Waals surface area (Å²) in [6.07, 6.45) is 1.64. The summed E-state index contributed by atoms with van der Waals surface area (Å²) in [6.45, 7) is 0. The summed E-state index contributed by atoms with van der Waals surface area (Å²) >= 11 is 0. The second-order valence-corrected chi connectivity index (χ2v) is 4.25. The van der Waals surface area contributed by atoms with Crippen LogP contribution in [-0.4, -0.2) is 25.9 Å². The van der Waals surface area contributed by atoms with Gasteiger partial charge in [-0.15, -0.1) is 5.10 Å². The van der Waals surface area contributed by atoms with Crippen molar-refractivity contribution in [2.24, 2.45) is 7.05 Å². The van der Waals surface area contributed by atoms with E-state index in [1.807, 2.05) is 0 Å². The molecular weight excluding hydrogens is 277 g/mol. The van der Waals surface area contributed by atoms with Crippen molar-refractivity contribution in [2.75, 3.05) is 5.32 Å². The van der Waals surface area contributed by atoms with Crippen molar-refractivity contribution in [3.8, 4) is 11.5 Å². The summed E-state index contributed by atoms with van der Waals surface area (Å²) in [5.74, 6) is -0.763. The highest BCUT2D eigenvalue weighted by molar-refractivity contribution is 6.01. The summed E-state index contributed by atoms with van der Waals surface area (Å²) in [6, 6.07) is 7.20. The first-order chi connectivity index (χ1) is 10.1. The van der Waals surface area contributed by atoms with Crippen LogP contribution in [0.4, 0.5) is 10.4 Å². The van der Waals surface area contributed by atoms with Gasteiger partial charge >= 0.3 is 6.01 Å². The standard InChI is InChI=1S/C13H10FN5O2/c1-19-6-5-10(18-19)11(20)15-13-17-16-12(21-13)8-3-2-4-9(14)7-8/h2-7H,1H3,(H,15,17,20). The number of nitrogens with one attached hydrogen (secondary N) is 1. The molecule has 3 aromatic rings. The third kappa shape index (κ3) is 2.78. The molecule has 8 heteroatoms. The van der Waals surface area contributed by atoms with Gasteiger partial charge in [-0.2, -0.15) is 5.10 Å². The first-order valence-electron chi connectivity index (χ1n) is 6.02. The normalized spacial score (nSPS) is 10.6. The van der Waals surface area contributed by atoms with Gasteiger partial charge in [0.2, 0.25) is 5.89 Å². The minimum atomic E-state index is -0.468. The summed E-state index contributed by atoms with van der Waals surface area (Å²) < 4.78 is 19.9. The van der Waals surface area contributed by atoms with Crippen LogP contribution in [-0.2, 0) is 7.05 Å². The molecule has 0 spiro atoms. The van der Waals surface area contributed by atoms with Crippen LogP contribution in [0.15, 0.2) is 40.9 Å². The molecule has 0 aliphatic rings. The molecule has 0 unspecified atom stereocenters. The van der Waals surface area contributed by atoms with E-state index in [-0.39, 0.29) is 17.6 Å². The molecule has 1 aromatic carbocycles. The van der Waals surface area contributed by atoms with Crippen molar-refractivity contribution in [3.05, 3.63) is 48.0 Å². The third-order valence-electron chi connectivity index (χ3n) is 2.66. The highest BCUT2D eigenvalue weighted by atomic mass is 19.1. The van der Waals surface area contributed by atoms with E-state index in [0.717, 1.165) is 0 Å². The van der Waals surface area contributed by atoms with Crippen LogP contribution in [0.1, 0.15) is 10.5 Å². The van der Waals surface area contributed by atoms with E-state index in [9.17, 15) is 9.18 Å². The maximum Gasteiger partial charge on any atom is 0.322 e. The van der Waals surface area contributed by atoms with Crippen LogP contribution in [0.3, 0.4) is 0 Å². The van der Waals surface area contributed by atoms with Crippen molar-refractivity contribution < 1.29 is 13.6 Å². The van der Waals surface area contributed by atoms with Gasteiger partial charge in [0, 0.05) is 18.8 Å². The Morgan fingerprint density at radius 3 is 2.90 bits per heavy atom. The molecule has 7 nitrogen and oxygen atoms in total. The van der Waals surface area contributed by atoms with Crippen LogP contribution in [0, 0.1) is 5.82 Å². The lowest BCUT2D eigenvalue weighted by Crippen LogP contribution is -2.13. The van der Waals surface area contributed by atoms with E-state index in [2.05, 4.69) is 20.6 Å². The minimum Gasteiger partial charge on any atom is -0.403 e. The molecule has 1 amide bonds. The molecule has 3 rings (SSSR count). The van der Waals surface area contributed by atoms with Crippen LogP contribution in [0.2, 0.25) is 0 Å².